The molecule has 3 rings (SSSR count). The maximum atomic E-state index is 6.20. The first kappa shape index (κ1) is 14.7. The van der Waals surface area contributed by atoms with Gasteiger partial charge in [-0.3, -0.25) is 0 Å². The molecule has 0 unspecified atom stereocenters. The Labute approximate surface area is 138 Å². The third kappa shape index (κ3) is 3.19. The summed E-state index contributed by atoms with van der Waals surface area (Å²) < 4.78 is 6.85. The van der Waals surface area contributed by atoms with Crippen LogP contribution in [0.5, 0.6) is 5.75 Å². The molecular weight excluding hydrogens is 350 g/mol. The molecule has 1 aliphatic heterocycles. The summed E-state index contributed by atoms with van der Waals surface area (Å²) >= 11 is 9.72. The number of aryl methyl sites for hydroxylation is 1. The summed E-state index contributed by atoms with van der Waals surface area (Å²) in [7, 11) is 0. The van der Waals surface area contributed by atoms with Crippen molar-refractivity contribution in [3.8, 4) is 5.75 Å². The number of nitrogens with one attached hydrogen (secondary N) is 1. The van der Waals surface area contributed by atoms with Gasteiger partial charge in [-0.25, -0.2) is 0 Å². The first-order valence-corrected chi connectivity index (χ1v) is 8.31. The highest BCUT2D eigenvalue weighted by Gasteiger charge is 2.17. The first-order chi connectivity index (χ1) is 10.2. The van der Waals surface area contributed by atoms with Gasteiger partial charge in [0.25, 0.3) is 0 Å². The van der Waals surface area contributed by atoms with Crippen LogP contribution in [-0.2, 0) is 19.4 Å². The van der Waals surface area contributed by atoms with Gasteiger partial charge in [0.15, 0.2) is 0 Å². The van der Waals surface area contributed by atoms with Crippen molar-refractivity contribution in [3.63, 3.8) is 0 Å². The number of ether oxygens (including phenoxy) is 1. The number of fused-ring (bicyclic) bond motifs is 1. The fraction of sp³-hybridized carbons (Fsp3) is 0.294. The Balaban J connectivity index is 1.83. The number of anilines is 1. The van der Waals surface area contributed by atoms with Crippen LogP contribution in [0.15, 0.2) is 34.8 Å². The fourth-order valence-corrected chi connectivity index (χ4v) is 3.37. The van der Waals surface area contributed by atoms with Crippen molar-refractivity contribution in [1.29, 1.82) is 0 Å². The van der Waals surface area contributed by atoms with Gasteiger partial charge in [0, 0.05) is 33.7 Å². The molecule has 0 radical (unpaired) electrons. The largest absolute Gasteiger partial charge is 0.493 e. The van der Waals surface area contributed by atoms with Crippen LogP contribution in [0.25, 0.3) is 0 Å². The van der Waals surface area contributed by atoms with Crippen molar-refractivity contribution in [2.24, 2.45) is 0 Å². The monoisotopic (exact) mass is 365 g/mol. The molecule has 0 spiro atoms. The molecule has 0 fully saturated rings. The van der Waals surface area contributed by atoms with Gasteiger partial charge in [-0.1, -0.05) is 34.5 Å². The highest BCUT2D eigenvalue weighted by molar-refractivity contribution is 9.10. The van der Waals surface area contributed by atoms with Crippen molar-refractivity contribution in [2.75, 3.05) is 11.9 Å². The van der Waals surface area contributed by atoms with E-state index in [1.54, 1.807) is 0 Å². The van der Waals surface area contributed by atoms with Crippen LogP contribution in [0.2, 0.25) is 5.02 Å². The Morgan fingerprint density at radius 3 is 2.90 bits per heavy atom. The van der Waals surface area contributed by atoms with E-state index in [1.807, 2.05) is 12.1 Å². The van der Waals surface area contributed by atoms with Crippen LogP contribution in [0, 0.1) is 0 Å². The Morgan fingerprint density at radius 2 is 2.10 bits per heavy atom. The predicted octanol–water partition coefficient (Wildman–Crippen LogP) is 5.21. The lowest BCUT2D eigenvalue weighted by Crippen LogP contribution is -2.04. The van der Waals surface area contributed by atoms with Crippen LogP contribution in [0.3, 0.4) is 0 Å². The average molecular weight is 367 g/mol. The minimum absolute atomic E-state index is 0.720. The summed E-state index contributed by atoms with van der Waals surface area (Å²) in [6.45, 7) is 3.63. The molecule has 21 heavy (non-hydrogen) atoms. The Hall–Kier alpha value is -1.19. The molecule has 0 atom stereocenters. The Bertz CT molecular complexity index is 672. The lowest BCUT2D eigenvalue weighted by molar-refractivity contribution is 0.354. The number of benzene rings is 2. The minimum Gasteiger partial charge on any atom is -0.493 e. The Morgan fingerprint density at radius 1 is 1.24 bits per heavy atom. The van der Waals surface area contributed by atoms with Crippen LogP contribution in [0.1, 0.15) is 23.6 Å². The third-order valence-corrected chi connectivity index (χ3v) is 4.45. The SMILES string of the molecule is CCc1cc(Br)ccc1NCc1cc(Cl)cc2c1OCC2. The van der Waals surface area contributed by atoms with E-state index in [9.17, 15) is 0 Å². The maximum Gasteiger partial charge on any atom is 0.127 e. The van der Waals surface area contributed by atoms with E-state index in [1.165, 1.54) is 11.1 Å². The molecule has 1 heterocycles. The van der Waals surface area contributed by atoms with Gasteiger partial charge in [0.2, 0.25) is 0 Å². The summed E-state index contributed by atoms with van der Waals surface area (Å²) in [6, 6.07) is 10.3. The number of halogens is 2. The van der Waals surface area contributed by atoms with Gasteiger partial charge < -0.3 is 10.1 Å². The van der Waals surface area contributed by atoms with E-state index in [4.69, 9.17) is 16.3 Å². The second-order valence-electron chi connectivity index (χ2n) is 5.16. The van der Waals surface area contributed by atoms with Gasteiger partial charge in [-0.05, 0) is 47.9 Å². The molecule has 0 aromatic heterocycles. The molecule has 2 aromatic carbocycles. The van der Waals surface area contributed by atoms with Crippen LogP contribution >= 0.6 is 27.5 Å². The molecule has 0 saturated heterocycles. The van der Waals surface area contributed by atoms with Gasteiger partial charge in [0.1, 0.15) is 5.75 Å². The molecular formula is C17H17BrClNO. The first-order valence-electron chi connectivity index (χ1n) is 7.13. The minimum atomic E-state index is 0.720. The summed E-state index contributed by atoms with van der Waals surface area (Å²) in [5.74, 6) is 1.00. The zero-order valence-electron chi connectivity index (χ0n) is 11.9. The van der Waals surface area contributed by atoms with Crippen molar-refractivity contribution >= 4 is 33.2 Å². The smallest absolute Gasteiger partial charge is 0.127 e. The molecule has 0 amide bonds. The van der Waals surface area contributed by atoms with Crippen molar-refractivity contribution in [3.05, 3.63) is 56.5 Å². The molecule has 1 N–H and O–H groups in total. The standard InChI is InChI=1S/C17H17BrClNO/c1-2-11-7-14(18)3-4-16(11)20-10-13-9-15(19)8-12-5-6-21-17(12)13/h3-4,7-9,20H,2,5-6,10H2,1H3. The number of rotatable bonds is 4. The van der Waals surface area contributed by atoms with Crippen molar-refractivity contribution < 1.29 is 4.74 Å². The van der Waals surface area contributed by atoms with Crippen LogP contribution in [-0.4, -0.2) is 6.61 Å². The molecule has 1 aliphatic rings. The van der Waals surface area contributed by atoms with Crippen molar-refractivity contribution in [1.82, 2.24) is 0 Å². The summed E-state index contributed by atoms with van der Waals surface area (Å²) in [5.41, 5.74) is 4.79. The molecule has 4 heteroatoms. The normalized spacial score (nSPS) is 12.9. The van der Waals surface area contributed by atoms with Gasteiger partial charge >= 0.3 is 0 Å². The molecule has 2 nitrogen and oxygen atoms in total. The topological polar surface area (TPSA) is 21.3 Å². The van der Waals surface area contributed by atoms with Gasteiger partial charge in [-0.15, -0.1) is 0 Å². The predicted molar refractivity (Wildman–Crippen MR) is 91.5 cm³/mol. The number of hydrogen-bond donors (Lipinski definition) is 1. The lowest BCUT2D eigenvalue weighted by Gasteiger charge is -2.14. The van der Waals surface area contributed by atoms with E-state index in [2.05, 4.69) is 46.4 Å². The highest BCUT2D eigenvalue weighted by Crippen LogP contribution is 2.33. The maximum absolute atomic E-state index is 6.20. The molecule has 0 aliphatic carbocycles. The third-order valence-electron chi connectivity index (χ3n) is 3.74. The van der Waals surface area contributed by atoms with Crippen LogP contribution < -0.4 is 10.1 Å². The number of hydrogen-bond acceptors (Lipinski definition) is 2. The van der Waals surface area contributed by atoms with Crippen molar-refractivity contribution in [2.45, 2.75) is 26.3 Å². The molecule has 0 bridgehead atoms. The zero-order valence-corrected chi connectivity index (χ0v) is 14.2. The highest BCUT2D eigenvalue weighted by atomic mass is 79.9. The Kier molecular flexibility index (Phi) is 4.41. The average Bonchev–Trinajstić information content (AvgIpc) is 2.93. The molecule has 0 saturated carbocycles. The second kappa shape index (κ2) is 6.29. The van der Waals surface area contributed by atoms with E-state index in [-0.39, 0.29) is 0 Å². The lowest BCUT2D eigenvalue weighted by atomic mass is 10.1. The van der Waals surface area contributed by atoms with Gasteiger partial charge in [-0.2, -0.15) is 0 Å². The zero-order chi connectivity index (χ0) is 14.8. The summed E-state index contributed by atoms with van der Waals surface area (Å²) in [6.07, 6.45) is 1.94. The quantitative estimate of drug-likeness (QED) is 0.802. The van der Waals surface area contributed by atoms with E-state index < -0.39 is 0 Å². The summed E-state index contributed by atoms with van der Waals surface area (Å²) in [4.78, 5) is 0. The van der Waals surface area contributed by atoms with E-state index in [0.29, 0.717) is 0 Å². The van der Waals surface area contributed by atoms with Crippen LogP contribution in [0.4, 0.5) is 5.69 Å². The fourth-order valence-electron chi connectivity index (χ4n) is 2.70. The summed E-state index contributed by atoms with van der Waals surface area (Å²) in [5, 5.41) is 4.29. The second-order valence-corrected chi connectivity index (χ2v) is 6.51. The molecule has 2 aromatic rings. The van der Waals surface area contributed by atoms with Gasteiger partial charge in [0.05, 0.1) is 6.61 Å². The van der Waals surface area contributed by atoms with E-state index >= 15 is 0 Å². The molecule has 110 valence electrons. The van der Waals surface area contributed by atoms with E-state index in [0.717, 1.165) is 52.5 Å².